The molecule has 5 rings (SSSR count). The molecule has 0 saturated carbocycles. The number of amides is 1. The molecule has 3 heterocycles. The molecule has 1 saturated heterocycles. The molecule has 1 aliphatic heterocycles. The molecule has 0 aliphatic carbocycles. The first-order chi connectivity index (χ1) is 17.5. The van der Waals surface area contributed by atoms with Crippen LogP contribution in [0.2, 0.25) is 0 Å². The monoisotopic (exact) mass is 485 g/mol. The van der Waals surface area contributed by atoms with Crippen molar-refractivity contribution in [3.05, 3.63) is 78.0 Å². The molecular weight excluding hydrogens is 458 g/mol. The van der Waals surface area contributed by atoms with Crippen LogP contribution in [0.3, 0.4) is 0 Å². The van der Waals surface area contributed by atoms with E-state index in [1.807, 2.05) is 54.6 Å². The largest absolute Gasteiger partial charge is 0.497 e. The van der Waals surface area contributed by atoms with Crippen molar-refractivity contribution in [2.45, 2.75) is 13.1 Å². The molecular formula is C27H27N5O4. The lowest BCUT2D eigenvalue weighted by atomic mass is 10.1. The highest BCUT2D eigenvalue weighted by atomic mass is 16.6. The van der Waals surface area contributed by atoms with E-state index in [0.717, 1.165) is 33.4 Å². The molecule has 9 heteroatoms. The number of nitrogens with two attached hydrogens (primary N) is 1. The van der Waals surface area contributed by atoms with Gasteiger partial charge in [0.2, 0.25) is 0 Å². The van der Waals surface area contributed by atoms with Crippen LogP contribution in [0.25, 0.3) is 10.8 Å². The van der Waals surface area contributed by atoms with Crippen molar-refractivity contribution in [2.75, 3.05) is 42.9 Å². The van der Waals surface area contributed by atoms with Crippen molar-refractivity contribution in [1.82, 2.24) is 9.97 Å². The van der Waals surface area contributed by atoms with Gasteiger partial charge < -0.3 is 24.8 Å². The molecule has 2 aromatic carbocycles. The highest BCUT2D eigenvalue weighted by molar-refractivity contribution is 5.98. The normalized spacial score (nSPS) is 13.1. The Morgan fingerprint density at radius 3 is 2.11 bits per heavy atom. The molecule has 9 nitrogen and oxygen atoms in total. The molecule has 0 radical (unpaired) electrons. The van der Waals surface area contributed by atoms with Gasteiger partial charge in [-0.3, -0.25) is 4.90 Å². The van der Waals surface area contributed by atoms with Crippen molar-refractivity contribution in [1.29, 1.82) is 0 Å². The first-order valence-corrected chi connectivity index (χ1v) is 11.6. The van der Waals surface area contributed by atoms with E-state index >= 15 is 0 Å². The van der Waals surface area contributed by atoms with E-state index in [9.17, 15) is 4.79 Å². The van der Waals surface area contributed by atoms with E-state index in [-0.39, 0.29) is 0 Å². The fourth-order valence-corrected chi connectivity index (χ4v) is 4.22. The number of methoxy groups -OCH3 is 2. The van der Waals surface area contributed by atoms with Crippen molar-refractivity contribution < 1.29 is 19.0 Å². The predicted octanol–water partition coefficient (Wildman–Crippen LogP) is 4.39. The number of carbonyl (C=O) groups excluding carboxylic acids is 1. The number of hydrogen-bond acceptors (Lipinski definition) is 8. The molecule has 2 aromatic heterocycles. The number of nitrogens with zero attached hydrogens (tertiary/aromatic N) is 4. The second kappa shape index (κ2) is 9.99. The van der Waals surface area contributed by atoms with Gasteiger partial charge in [-0.15, -0.1) is 0 Å². The number of fused-ring (bicyclic) bond motifs is 1. The van der Waals surface area contributed by atoms with Gasteiger partial charge in [-0.1, -0.05) is 24.3 Å². The van der Waals surface area contributed by atoms with Crippen LogP contribution in [0, 0.1) is 0 Å². The van der Waals surface area contributed by atoms with E-state index in [1.54, 1.807) is 31.4 Å². The Hall–Kier alpha value is -4.53. The third kappa shape index (κ3) is 4.81. The minimum Gasteiger partial charge on any atom is -0.497 e. The van der Waals surface area contributed by atoms with Crippen LogP contribution < -0.4 is 25.0 Å². The van der Waals surface area contributed by atoms with Crippen LogP contribution in [0.1, 0.15) is 11.1 Å². The zero-order chi connectivity index (χ0) is 25.1. The molecule has 0 bridgehead atoms. The molecule has 1 amide bonds. The van der Waals surface area contributed by atoms with Gasteiger partial charge in [-0.25, -0.2) is 14.8 Å². The Labute approximate surface area is 209 Å². The predicted molar refractivity (Wildman–Crippen MR) is 139 cm³/mol. The number of benzene rings is 2. The Balaban J connectivity index is 1.61. The summed E-state index contributed by atoms with van der Waals surface area (Å²) in [6, 6.07) is 19.5. The zero-order valence-electron chi connectivity index (χ0n) is 20.2. The molecule has 4 aromatic rings. The second-order valence-electron chi connectivity index (χ2n) is 8.45. The Morgan fingerprint density at radius 2 is 1.58 bits per heavy atom. The number of rotatable bonds is 8. The van der Waals surface area contributed by atoms with Crippen LogP contribution in [-0.4, -0.2) is 43.4 Å². The lowest BCUT2D eigenvalue weighted by Gasteiger charge is -2.27. The van der Waals surface area contributed by atoms with Gasteiger partial charge in [0.1, 0.15) is 35.6 Å². The van der Waals surface area contributed by atoms with Gasteiger partial charge >= 0.3 is 6.09 Å². The number of pyridine rings is 2. The summed E-state index contributed by atoms with van der Waals surface area (Å²) in [5.74, 6) is 3.18. The van der Waals surface area contributed by atoms with E-state index in [0.29, 0.717) is 43.7 Å². The molecule has 184 valence electrons. The molecule has 36 heavy (non-hydrogen) atoms. The standard InChI is InChI=1S/C27H27N5O4/c1-34-21-7-3-18(4-8-21)16-31(17-19-5-9-22(35-2)10-6-19)26-23-15-29-24(28)13-20(23)14-25(30-26)32-11-12-36-27(32)33/h3-10,13-15H,11-12,16-17H2,1-2H3,(H2,28,29). The molecule has 1 aliphatic rings. The van der Waals surface area contributed by atoms with E-state index in [4.69, 9.17) is 24.9 Å². The van der Waals surface area contributed by atoms with Crippen LogP contribution in [-0.2, 0) is 17.8 Å². The Morgan fingerprint density at radius 1 is 0.972 bits per heavy atom. The van der Waals surface area contributed by atoms with E-state index in [2.05, 4.69) is 9.88 Å². The van der Waals surface area contributed by atoms with Crippen LogP contribution in [0.4, 0.5) is 22.2 Å². The number of hydrogen-bond donors (Lipinski definition) is 1. The van der Waals surface area contributed by atoms with Crippen molar-refractivity contribution in [3.63, 3.8) is 0 Å². The van der Waals surface area contributed by atoms with Gasteiger partial charge in [0.05, 0.1) is 20.8 Å². The maximum atomic E-state index is 12.4. The summed E-state index contributed by atoms with van der Waals surface area (Å²) < 4.78 is 15.8. The minimum atomic E-state index is -0.410. The summed E-state index contributed by atoms with van der Waals surface area (Å²) in [7, 11) is 3.29. The van der Waals surface area contributed by atoms with Crippen LogP contribution >= 0.6 is 0 Å². The maximum absolute atomic E-state index is 12.4. The number of carbonyl (C=O) groups is 1. The number of cyclic esters (lactones) is 1. The van der Waals surface area contributed by atoms with Crippen molar-refractivity contribution in [2.24, 2.45) is 0 Å². The fraction of sp³-hybridized carbons (Fsp3) is 0.222. The quantitative estimate of drug-likeness (QED) is 0.392. The summed E-state index contributed by atoms with van der Waals surface area (Å²) in [4.78, 5) is 25.3. The summed E-state index contributed by atoms with van der Waals surface area (Å²) in [6.07, 6.45) is 1.32. The van der Waals surface area contributed by atoms with Gasteiger partial charge in [0.25, 0.3) is 0 Å². The van der Waals surface area contributed by atoms with Crippen LogP contribution in [0.5, 0.6) is 11.5 Å². The summed E-state index contributed by atoms with van der Waals surface area (Å²) in [5.41, 5.74) is 8.16. The SMILES string of the molecule is COc1ccc(CN(Cc2ccc(OC)cc2)c2nc(N3CCOC3=O)cc3cc(N)ncc23)cc1. The number of ether oxygens (including phenoxy) is 3. The van der Waals surface area contributed by atoms with Gasteiger partial charge in [-0.05, 0) is 52.9 Å². The maximum Gasteiger partial charge on any atom is 0.415 e. The highest BCUT2D eigenvalue weighted by Crippen LogP contribution is 2.33. The minimum absolute atomic E-state index is 0.327. The van der Waals surface area contributed by atoms with E-state index < -0.39 is 6.09 Å². The third-order valence-electron chi connectivity index (χ3n) is 6.10. The first-order valence-electron chi connectivity index (χ1n) is 11.6. The second-order valence-corrected chi connectivity index (χ2v) is 8.45. The van der Waals surface area contributed by atoms with Crippen LogP contribution in [0.15, 0.2) is 66.9 Å². The van der Waals surface area contributed by atoms with Gasteiger partial charge in [0, 0.05) is 24.7 Å². The Kier molecular flexibility index (Phi) is 6.44. The first kappa shape index (κ1) is 23.2. The molecule has 1 fully saturated rings. The zero-order valence-corrected chi connectivity index (χ0v) is 20.2. The lowest BCUT2D eigenvalue weighted by Crippen LogP contribution is -2.27. The molecule has 0 unspecified atom stereocenters. The smallest absolute Gasteiger partial charge is 0.415 e. The van der Waals surface area contributed by atoms with Crippen molar-refractivity contribution >= 4 is 34.3 Å². The summed E-state index contributed by atoms with van der Waals surface area (Å²) >= 11 is 0. The Bertz CT molecular complexity index is 1330. The fourth-order valence-electron chi connectivity index (χ4n) is 4.22. The summed E-state index contributed by atoms with van der Waals surface area (Å²) in [5, 5.41) is 1.68. The van der Waals surface area contributed by atoms with Crippen molar-refractivity contribution in [3.8, 4) is 11.5 Å². The lowest BCUT2D eigenvalue weighted by molar-refractivity contribution is 0.181. The highest BCUT2D eigenvalue weighted by Gasteiger charge is 2.27. The van der Waals surface area contributed by atoms with Gasteiger partial charge in [-0.2, -0.15) is 0 Å². The topological polar surface area (TPSA) is 103 Å². The number of aromatic nitrogens is 2. The third-order valence-corrected chi connectivity index (χ3v) is 6.10. The van der Waals surface area contributed by atoms with Gasteiger partial charge in [0.15, 0.2) is 0 Å². The number of nitrogen functional groups attached to an aromatic ring is 1. The summed E-state index contributed by atoms with van der Waals surface area (Å²) in [6.45, 7) is 1.90. The number of anilines is 3. The average Bonchev–Trinajstić information content (AvgIpc) is 3.34. The molecule has 0 spiro atoms. The average molecular weight is 486 g/mol. The molecule has 0 atom stereocenters. The molecule has 2 N–H and O–H groups in total. The van der Waals surface area contributed by atoms with E-state index in [1.165, 1.54) is 0 Å².